The molecule has 1 aromatic carbocycles. The first kappa shape index (κ1) is 17.3. The number of carbonyl (C=O) groups excluding carboxylic acids is 1. The first-order valence-electron chi connectivity index (χ1n) is 8.32. The molecule has 1 aromatic heterocycles. The maximum absolute atomic E-state index is 12.9. The average Bonchev–Trinajstić information content (AvgIpc) is 3.04. The Morgan fingerprint density at radius 1 is 1.28 bits per heavy atom. The van der Waals surface area contributed by atoms with Gasteiger partial charge in [-0.05, 0) is 51.0 Å². The molecule has 25 heavy (non-hydrogen) atoms. The standard InChI is InChI=1S/C17H21FN4O3/c1-11(2)24-14-7-9-22(10-8-14)17(23)19-16-21-20-15(25-16)12-3-5-13(18)6-4-12/h3-6,11,14H,7-10H2,1-2H3,(H,19,21,23). The van der Waals surface area contributed by atoms with Crippen LogP contribution in [0.15, 0.2) is 28.7 Å². The Kier molecular flexibility index (Phi) is 5.28. The van der Waals surface area contributed by atoms with Gasteiger partial charge >= 0.3 is 12.0 Å². The van der Waals surface area contributed by atoms with Crippen molar-refractivity contribution in [2.75, 3.05) is 18.4 Å². The molecule has 0 aliphatic carbocycles. The number of benzene rings is 1. The lowest BCUT2D eigenvalue weighted by atomic mass is 10.1. The van der Waals surface area contributed by atoms with Gasteiger partial charge in [0.05, 0.1) is 12.2 Å². The van der Waals surface area contributed by atoms with Crippen molar-refractivity contribution in [3.8, 4) is 11.5 Å². The Hall–Kier alpha value is -2.48. The molecule has 0 spiro atoms. The highest BCUT2D eigenvalue weighted by Crippen LogP contribution is 2.21. The van der Waals surface area contributed by atoms with Crippen LogP contribution in [0.5, 0.6) is 0 Å². The van der Waals surface area contributed by atoms with Gasteiger partial charge in [-0.15, -0.1) is 5.10 Å². The zero-order chi connectivity index (χ0) is 17.8. The van der Waals surface area contributed by atoms with E-state index < -0.39 is 0 Å². The predicted octanol–water partition coefficient (Wildman–Crippen LogP) is 3.30. The van der Waals surface area contributed by atoms with Crippen LogP contribution in [0.25, 0.3) is 11.5 Å². The number of carbonyl (C=O) groups is 1. The highest BCUT2D eigenvalue weighted by Gasteiger charge is 2.25. The third-order valence-electron chi connectivity index (χ3n) is 3.92. The summed E-state index contributed by atoms with van der Waals surface area (Å²) in [5.74, 6) is -0.124. The Morgan fingerprint density at radius 2 is 1.96 bits per heavy atom. The number of urea groups is 1. The van der Waals surface area contributed by atoms with E-state index in [1.54, 1.807) is 4.90 Å². The van der Waals surface area contributed by atoms with Gasteiger partial charge < -0.3 is 14.1 Å². The summed E-state index contributed by atoms with van der Waals surface area (Å²) in [4.78, 5) is 14.0. The highest BCUT2D eigenvalue weighted by molar-refractivity contribution is 5.87. The lowest BCUT2D eigenvalue weighted by molar-refractivity contribution is -0.0204. The highest BCUT2D eigenvalue weighted by atomic mass is 19.1. The Morgan fingerprint density at radius 3 is 2.60 bits per heavy atom. The van der Waals surface area contributed by atoms with E-state index in [0.29, 0.717) is 18.7 Å². The smallest absolute Gasteiger partial charge is 0.325 e. The fourth-order valence-electron chi connectivity index (χ4n) is 2.73. The minimum atomic E-state index is -0.346. The number of amides is 2. The molecular formula is C17H21FN4O3. The zero-order valence-electron chi connectivity index (χ0n) is 14.2. The van der Waals surface area contributed by atoms with E-state index in [1.807, 2.05) is 13.8 Å². The summed E-state index contributed by atoms with van der Waals surface area (Å²) in [6.07, 6.45) is 1.98. The Labute approximate surface area is 145 Å². The molecule has 8 heteroatoms. The molecule has 0 radical (unpaired) electrons. The molecular weight excluding hydrogens is 327 g/mol. The fourth-order valence-corrected chi connectivity index (χ4v) is 2.73. The van der Waals surface area contributed by atoms with Crippen LogP contribution >= 0.6 is 0 Å². The molecule has 7 nitrogen and oxygen atoms in total. The molecule has 2 aromatic rings. The second-order valence-electron chi connectivity index (χ2n) is 6.22. The number of rotatable bonds is 4. The van der Waals surface area contributed by atoms with Crippen molar-refractivity contribution in [1.82, 2.24) is 15.1 Å². The van der Waals surface area contributed by atoms with Gasteiger partial charge in [-0.1, -0.05) is 5.10 Å². The molecule has 0 saturated carbocycles. The molecule has 1 saturated heterocycles. The van der Waals surface area contributed by atoms with Crippen molar-refractivity contribution in [3.05, 3.63) is 30.1 Å². The molecule has 0 bridgehead atoms. The van der Waals surface area contributed by atoms with Gasteiger partial charge in [0.25, 0.3) is 0 Å². The van der Waals surface area contributed by atoms with Gasteiger partial charge in [0.2, 0.25) is 5.89 Å². The lowest BCUT2D eigenvalue weighted by Gasteiger charge is -2.32. The van der Waals surface area contributed by atoms with E-state index in [9.17, 15) is 9.18 Å². The summed E-state index contributed by atoms with van der Waals surface area (Å²) in [5.41, 5.74) is 0.584. The summed E-state index contributed by atoms with van der Waals surface area (Å²) in [6.45, 7) is 5.24. The molecule has 2 amide bonds. The average molecular weight is 348 g/mol. The number of hydrogen-bond acceptors (Lipinski definition) is 5. The molecule has 134 valence electrons. The SMILES string of the molecule is CC(C)OC1CCN(C(=O)Nc2nnc(-c3ccc(F)cc3)o2)CC1. The van der Waals surface area contributed by atoms with E-state index in [0.717, 1.165) is 12.8 Å². The van der Waals surface area contributed by atoms with Crippen molar-refractivity contribution in [3.63, 3.8) is 0 Å². The summed E-state index contributed by atoms with van der Waals surface area (Å²) in [6, 6.07) is 5.42. The molecule has 0 atom stereocenters. The van der Waals surface area contributed by atoms with Crippen molar-refractivity contribution in [2.24, 2.45) is 0 Å². The Bertz CT molecular complexity index is 709. The normalized spacial score (nSPS) is 15.6. The van der Waals surface area contributed by atoms with Crippen molar-refractivity contribution in [1.29, 1.82) is 0 Å². The quantitative estimate of drug-likeness (QED) is 0.917. The van der Waals surface area contributed by atoms with Crippen LogP contribution in [0.4, 0.5) is 15.2 Å². The number of likely N-dealkylation sites (tertiary alicyclic amines) is 1. The third-order valence-corrected chi connectivity index (χ3v) is 3.92. The van der Waals surface area contributed by atoms with Crippen LogP contribution in [0.2, 0.25) is 0 Å². The first-order chi connectivity index (χ1) is 12.0. The number of piperidine rings is 1. The molecule has 0 unspecified atom stereocenters. The number of halogens is 1. The topological polar surface area (TPSA) is 80.5 Å². The number of aromatic nitrogens is 2. The van der Waals surface area contributed by atoms with Gasteiger partial charge in [-0.2, -0.15) is 0 Å². The maximum atomic E-state index is 12.9. The van der Waals surface area contributed by atoms with Gasteiger partial charge in [-0.3, -0.25) is 5.32 Å². The minimum Gasteiger partial charge on any atom is -0.403 e. The second kappa shape index (κ2) is 7.60. The van der Waals surface area contributed by atoms with Crippen molar-refractivity contribution >= 4 is 12.0 Å². The van der Waals surface area contributed by atoms with Gasteiger partial charge in [0.1, 0.15) is 5.82 Å². The summed E-state index contributed by atoms with van der Waals surface area (Å²) >= 11 is 0. The molecule has 1 N–H and O–H groups in total. The van der Waals surface area contributed by atoms with Crippen LogP contribution in [0.3, 0.4) is 0 Å². The predicted molar refractivity (Wildman–Crippen MR) is 89.5 cm³/mol. The number of hydrogen-bond donors (Lipinski definition) is 1. The summed E-state index contributed by atoms with van der Waals surface area (Å²) in [5, 5.41) is 10.3. The largest absolute Gasteiger partial charge is 0.403 e. The van der Waals surface area contributed by atoms with Gasteiger partial charge in [0, 0.05) is 18.7 Å². The molecule has 1 aliphatic rings. The lowest BCUT2D eigenvalue weighted by Crippen LogP contribution is -2.43. The number of nitrogens with zero attached hydrogens (tertiary/aromatic N) is 3. The van der Waals surface area contributed by atoms with E-state index >= 15 is 0 Å². The number of ether oxygens (including phenoxy) is 1. The molecule has 1 aliphatic heterocycles. The Balaban J connectivity index is 1.54. The van der Waals surface area contributed by atoms with E-state index in [4.69, 9.17) is 9.15 Å². The number of anilines is 1. The number of nitrogens with one attached hydrogen (secondary N) is 1. The van der Waals surface area contributed by atoms with Gasteiger partial charge in [-0.25, -0.2) is 9.18 Å². The minimum absolute atomic E-state index is 0.0184. The van der Waals surface area contributed by atoms with Crippen LogP contribution in [-0.2, 0) is 4.74 Å². The molecule has 3 rings (SSSR count). The first-order valence-corrected chi connectivity index (χ1v) is 8.32. The molecule has 2 heterocycles. The zero-order valence-corrected chi connectivity index (χ0v) is 14.2. The molecule has 1 fully saturated rings. The summed E-state index contributed by atoms with van der Waals surface area (Å²) in [7, 11) is 0. The second-order valence-corrected chi connectivity index (χ2v) is 6.22. The monoisotopic (exact) mass is 348 g/mol. The van der Waals surface area contributed by atoms with Crippen LogP contribution in [0.1, 0.15) is 26.7 Å². The van der Waals surface area contributed by atoms with Crippen LogP contribution in [0, 0.1) is 5.82 Å². The summed E-state index contributed by atoms with van der Waals surface area (Å²) < 4.78 is 24.1. The maximum Gasteiger partial charge on any atom is 0.325 e. The van der Waals surface area contributed by atoms with Crippen LogP contribution in [-0.4, -0.2) is 46.4 Å². The fraction of sp³-hybridized carbons (Fsp3) is 0.471. The van der Waals surface area contributed by atoms with E-state index in [-0.39, 0.29) is 36.0 Å². The van der Waals surface area contributed by atoms with Crippen molar-refractivity contribution in [2.45, 2.75) is 38.9 Å². The van der Waals surface area contributed by atoms with E-state index in [1.165, 1.54) is 24.3 Å². The van der Waals surface area contributed by atoms with Crippen LogP contribution < -0.4 is 5.32 Å². The van der Waals surface area contributed by atoms with Gasteiger partial charge in [0.15, 0.2) is 0 Å². The van der Waals surface area contributed by atoms with E-state index in [2.05, 4.69) is 15.5 Å². The van der Waals surface area contributed by atoms with Crippen molar-refractivity contribution < 1.29 is 18.3 Å². The third kappa shape index (κ3) is 4.54.